The van der Waals surface area contributed by atoms with Crippen LogP contribution in [0, 0.1) is 0 Å². The van der Waals surface area contributed by atoms with Crippen LogP contribution in [-0.2, 0) is 9.47 Å². The zero-order valence-corrected chi connectivity index (χ0v) is 13.4. The second-order valence-electron chi connectivity index (χ2n) is 6.30. The number of nitrogens with one attached hydrogen (secondary N) is 1. The number of hydrogen-bond donors (Lipinski definition) is 1. The van der Waals surface area contributed by atoms with Gasteiger partial charge in [-0.05, 0) is 33.6 Å². The molecule has 1 aliphatic rings. The predicted octanol–water partition coefficient (Wildman–Crippen LogP) is 2.48. The quantitative estimate of drug-likeness (QED) is 0.819. The summed E-state index contributed by atoms with van der Waals surface area (Å²) < 4.78 is 23.6. The molecule has 0 aromatic heterocycles. The largest absolute Gasteiger partial charge is 0.444 e. The maximum Gasteiger partial charge on any atom is 0.407 e. The molecule has 1 heterocycles. The summed E-state index contributed by atoms with van der Waals surface area (Å²) in [5, 5.41) is 2.85. The zero-order valence-electron chi connectivity index (χ0n) is 13.4. The van der Waals surface area contributed by atoms with Gasteiger partial charge in [0.1, 0.15) is 11.4 Å². The molecule has 1 amide bonds. The topological polar surface area (TPSA) is 50.8 Å². The highest BCUT2D eigenvalue weighted by Crippen LogP contribution is 2.12. The molecule has 0 bridgehead atoms. The molecule has 0 radical (unpaired) electrons. The lowest BCUT2D eigenvalue weighted by Crippen LogP contribution is -2.47. The molecule has 0 aliphatic carbocycles. The van der Waals surface area contributed by atoms with E-state index in [-0.39, 0.29) is 11.9 Å². The number of rotatable bonds is 6. The molecule has 0 aromatic rings. The van der Waals surface area contributed by atoms with Crippen LogP contribution >= 0.6 is 0 Å². The van der Waals surface area contributed by atoms with Gasteiger partial charge in [0.15, 0.2) is 0 Å². The third kappa shape index (κ3) is 8.02. The van der Waals surface area contributed by atoms with Crippen molar-refractivity contribution in [1.29, 1.82) is 0 Å². The van der Waals surface area contributed by atoms with Gasteiger partial charge in [0.2, 0.25) is 0 Å². The molecular formula is C15H27FN2O3. The van der Waals surface area contributed by atoms with Gasteiger partial charge in [-0.3, -0.25) is 4.90 Å². The molecule has 0 spiro atoms. The summed E-state index contributed by atoms with van der Waals surface area (Å²) in [6.07, 6.45) is 2.53. The van der Waals surface area contributed by atoms with E-state index in [1.165, 1.54) is 0 Å². The van der Waals surface area contributed by atoms with Gasteiger partial charge in [-0.25, -0.2) is 9.18 Å². The Balaban J connectivity index is 2.50. The van der Waals surface area contributed by atoms with E-state index in [0.717, 1.165) is 6.54 Å². The lowest BCUT2D eigenvalue weighted by Gasteiger charge is -2.30. The van der Waals surface area contributed by atoms with E-state index in [0.29, 0.717) is 32.5 Å². The van der Waals surface area contributed by atoms with Crippen molar-refractivity contribution in [2.75, 3.05) is 33.4 Å². The van der Waals surface area contributed by atoms with Gasteiger partial charge in [0.25, 0.3) is 0 Å². The summed E-state index contributed by atoms with van der Waals surface area (Å²) in [5.41, 5.74) is -0.532. The standard InChI is InChI=1S/C15H27FN2O3/c1-15(2,3)21-14(19)17-13(7-9-20-4)11-18-8-5-6-12(16)10-18/h6,13H,5,7-11H2,1-4H3,(H,17,19). The first-order valence-electron chi connectivity index (χ1n) is 7.35. The average Bonchev–Trinajstić information content (AvgIpc) is 2.33. The van der Waals surface area contributed by atoms with Gasteiger partial charge < -0.3 is 14.8 Å². The minimum atomic E-state index is -0.532. The van der Waals surface area contributed by atoms with Crippen LogP contribution in [0.25, 0.3) is 0 Å². The van der Waals surface area contributed by atoms with E-state index in [1.54, 1.807) is 13.2 Å². The lowest BCUT2D eigenvalue weighted by atomic mass is 10.1. The number of methoxy groups -OCH3 is 1. The second-order valence-corrected chi connectivity index (χ2v) is 6.30. The van der Waals surface area contributed by atoms with E-state index in [9.17, 15) is 9.18 Å². The lowest BCUT2D eigenvalue weighted by molar-refractivity contribution is 0.0477. The van der Waals surface area contributed by atoms with Crippen molar-refractivity contribution in [3.8, 4) is 0 Å². The van der Waals surface area contributed by atoms with E-state index >= 15 is 0 Å². The number of nitrogens with zero attached hydrogens (tertiary/aromatic N) is 1. The first-order valence-corrected chi connectivity index (χ1v) is 7.35. The Morgan fingerprint density at radius 1 is 1.52 bits per heavy atom. The van der Waals surface area contributed by atoms with Gasteiger partial charge in [-0.2, -0.15) is 0 Å². The Bertz CT molecular complexity index is 366. The monoisotopic (exact) mass is 302 g/mol. The van der Waals surface area contributed by atoms with Crippen molar-refractivity contribution in [2.24, 2.45) is 0 Å². The number of hydrogen-bond acceptors (Lipinski definition) is 4. The van der Waals surface area contributed by atoms with E-state index in [1.807, 2.05) is 25.7 Å². The maximum atomic E-state index is 13.3. The fourth-order valence-corrected chi connectivity index (χ4v) is 2.17. The Hall–Kier alpha value is -1.14. The molecule has 1 aliphatic heterocycles. The average molecular weight is 302 g/mol. The maximum absolute atomic E-state index is 13.3. The number of halogens is 1. The van der Waals surface area contributed by atoms with Crippen LogP contribution < -0.4 is 5.32 Å². The SMILES string of the molecule is COCCC(CN1CCC=C(F)C1)NC(=O)OC(C)(C)C. The normalized spacial score (nSPS) is 18.0. The van der Waals surface area contributed by atoms with Crippen molar-refractivity contribution in [1.82, 2.24) is 10.2 Å². The number of ether oxygens (including phenoxy) is 2. The molecule has 0 saturated heterocycles. The van der Waals surface area contributed by atoms with Crippen molar-refractivity contribution in [3.05, 3.63) is 11.9 Å². The third-order valence-corrected chi connectivity index (χ3v) is 3.06. The fraction of sp³-hybridized carbons (Fsp3) is 0.800. The van der Waals surface area contributed by atoms with Crippen molar-refractivity contribution >= 4 is 6.09 Å². The zero-order chi connectivity index (χ0) is 15.9. The molecule has 1 unspecified atom stereocenters. The fourth-order valence-electron chi connectivity index (χ4n) is 2.17. The third-order valence-electron chi connectivity index (χ3n) is 3.06. The minimum Gasteiger partial charge on any atom is -0.444 e. The van der Waals surface area contributed by atoms with Gasteiger partial charge in [-0.15, -0.1) is 0 Å². The van der Waals surface area contributed by atoms with Crippen molar-refractivity contribution < 1.29 is 18.7 Å². The first-order chi connectivity index (χ1) is 9.80. The summed E-state index contributed by atoms with van der Waals surface area (Å²) >= 11 is 0. The van der Waals surface area contributed by atoms with Crippen LogP contribution in [-0.4, -0.2) is 56.0 Å². The van der Waals surface area contributed by atoms with Crippen LogP contribution in [0.15, 0.2) is 11.9 Å². The summed E-state index contributed by atoms with van der Waals surface area (Å²) in [6.45, 7) is 7.69. The van der Waals surface area contributed by atoms with Crippen molar-refractivity contribution in [2.45, 2.75) is 45.3 Å². The molecule has 21 heavy (non-hydrogen) atoms. The smallest absolute Gasteiger partial charge is 0.407 e. The molecule has 122 valence electrons. The highest BCUT2D eigenvalue weighted by atomic mass is 19.1. The van der Waals surface area contributed by atoms with E-state index in [2.05, 4.69) is 5.32 Å². The second kappa shape index (κ2) is 8.34. The minimum absolute atomic E-state index is 0.107. The molecule has 1 rings (SSSR count). The molecular weight excluding hydrogens is 275 g/mol. The Morgan fingerprint density at radius 3 is 2.81 bits per heavy atom. The summed E-state index contributed by atoms with van der Waals surface area (Å²) in [6, 6.07) is -0.120. The highest BCUT2D eigenvalue weighted by Gasteiger charge is 2.22. The highest BCUT2D eigenvalue weighted by molar-refractivity contribution is 5.68. The molecule has 0 saturated carbocycles. The Labute approximate surface area is 126 Å². The number of alkyl carbamates (subject to hydrolysis) is 1. The molecule has 0 fully saturated rings. The van der Waals surface area contributed by atoms with Crippen LogP contribution in [0.3, 0.4) is 0 Å². The number of carbonyl (C=O) groups excluding carboxylic acids is 1. The molecule has 5 nitrogen and oxygen atoms in total. The van der Waals surface area contributed by atoms with E-state index in [4.69, 9.17) is 9.47 Å². The van der Waals surface area contributed by atoms with Crippen LogP contribution in [0.4, 0.5) is 9.18 Å². The Kier molecular flexibility index (Phi) is 7.11. The molecule has 1 N–H and O–H groups in total. The summed E-state index contributed by atoms with van der Waals surface area (Å²) in [7, 11) is 1.62. The summed E-state index contributed by atoms with van der Waals surface area (Å²) in [5.74, 6) is -0.107. The van der Waals surface area contributed by atoms with Crippen LogP contribution in [0.1, 0.15) is 33.6 Å². The summed E-state index contributed by atoms with van der Waals surface area (Å²) in [4.78, 5) is 13.9. The number of carbonyl (C=O) groups is 1. The van der Waals surface area contributed by atoms with Crippen molar-refractivity contribution in [3.63, 3.8) is 0 Å². The van der Waals surface area contributed by atoms with Crippen LogP contribution in [0.5, 0.6) is 0 Å². The van der Waals surface area contributed by atoms with Gasteiger partial charge in [0, 0.05) is 32.8 Å². The van der Waals surface area contributed by atoms with Gasteiger partial charge in [-0.1, -0.05) is 6.08 Å². The Morgan fingerprint density at radius 2 is 2.24 bits per heavy atom. The van der Waals surface area contributed by atoms with Crippen LogP contribution in [0.2, 0.25) is 0 Å². The molecule has 6 heteroatoms. The van der Waals surface area contributed by atoms with Gasteiger partial charge >= 0.3 is 6.09 Å². The number of amides is 1. The van der Waals surface area contributed by atoms with Gasteiger partial charge in [0.05, 0.1) is 6.54 Å². The molecule has 1 atom stereocenters. The molecule has 0 aromatic carbocycles. The van der Waals surface area contributed by atoms with E-state index < -0.39 is 11.7 Å². The first kappa shape index (κ1) is 17.9. The predicted molar refractivity (Wildman–Crippen MR) is 79.9 cm³/mol.